The van der Waals surface area contributed by atoms with Crippen LogP contribution in [-0.2, 0) is 9.53 Å². The van der Waals surface area contributed by atoms with Crippen LogP contribution in [0.4, 0.5) is 0 Å². The van der Waals surface area contributed by atoms with Crippen LogP contribution in [0.25, 0.3) is 5.65 Å². The fraction of sp³-hybridized carbons (Fsp3) is 0.467. The third-order valence-electron chi connectivity index (χ3n) is 5.18. The lowest BCUT2D eigenvalue weighted by atomic mass is 10.1. The Labute approximate surface area is 131 Å². The summed E-state index contributed by atoms with van der Waals surface area (Å²) in [7, 11) is 0. The number of likely N-dealkylation sites (tertiary alicyclic amines) is 1. The summed E-state index contributed by atoms with van der Waals surface area (Å²) < 4.78 is 7.50. The molecule has 8 nitrogen and oxygen atoms in total. The molecule has 5 heterocycles. The van der Waals surface area contributed by atoms with Crippen LogP contribution in [0.1, 0.15) is 23.2 Å². The van der Waals surface area contributed by atoms with E-state index in [0.29, 0.717) is 43.7 Å². The first-order valence-electron chi connectivity index (χ1n) is 7.74. The molecule has 0 saturated carbocycles. The molecule has 2 amide bonds. The molecule has 0 bridgehead atoms. The molecule has 0 N–H and O–H groups in total. The highest BCUT2D eigenvalue weighted by molar-refractivity contribution is 5.95. The molecular formula is C15H15N5O3. The summed E-state index contributed by atoms with van der Waals surface area (Å²) in [6, 6.07) is 3.32. The summed E-state index contributed by atoms with van der Waals surface area (Å²) in [6.45, 7) is 1.78. The van der Waals surface area contributed by atoms with Gasteiger partial charge in [-0.2, -0.15) is 5.10 Å². The molecule has 3 fully saturated rings. The number of pyridine rings is 1. The maximum absolute atomic E-state index is 12.9. The minimum absolute atomic E-state index is 0.0803. The van der Waals surface area contributed by atoms with Crippen molar-refractivity contribution in [3.63, 3.8) is 0 Å². The number of fused-ring (bicyclic) bond motifs is 1. The van der Waals surface area contributed by atoms with E-state index in [9.17, 15) is 9.59 Å². The summed E-state index contributed by atoms with van der Waals surface area (Å²) >= 11 is 0. The highest BCUT2D eigenvalue weighted by Crippen LogP contribution is 2.45. The van der Waals surface area contributed by atoms with E-state index in [4.69, 9.17) is 4.74 Å². The van der Waals surface area contributed by atoms with Crippen LogP contribution in [-0.4, -0.2) is 67.7 Å². The van der Waals surface area contributed by atoms with Crippen LogP contribution in [0.3, 0.4) is 0 Å². The highest BCUT2D eigenvalue weighted by atomic mass is 16.5. The van der Waals surface area contributed by atoms with Gasteiger partial charge in [0.1, 0.15) is 6.33 Å². The Balaban J connectivity index is 1.50. The first kappa shape index (κ1) is 13.0. The average Bonchev–Trinajstić information content (AvgIpc) is 3.28. The van der Waals surface area contributed by atoms with Crippen LogP contribution in [0.5, 0.6) is 0 Å². The number of hydrogen-bond donors (Lipinski definition) is 0. The Morgan fingerprint density at radius 2 is 2.26 bits per heavy atom. The van der Waals surface area contributed by atoms with Crippen molar-refractivity contribution in [2.75, 3.05) is 19.7 Å². The van der Waals surface area contributed by atoms with Crippen LogP contribution < -0.4 is 0 Å². The van der Waals surface area contributed by atoms with E-state index < -0.39 is 5.72 Å². The number of nitrogens with zero attached hydrogens (tertiary/aromatic N) is 5. The molecule has 2 atom stereocenters. The van der Waals surface area contributed by atoms with Gasteiger partial charge in [-0.1, -0.05) is 0 Å². The molecule has 1 spiro atoms. The van der Waals surface area contributed by atoms with Gasteiger partial charge in [-0.25, -0.2) is 9.50 Å². The molecule has 3 aliphatic heterocycles. The summed E-state index contributed by atoms with van der Waals surface area (Å²) in [6.07, 6.45) is 4.16. The van der Waals surface area contributed by atoms with E-state index in [0.717, 1.165) is 0 Å². The molecule has 0 aliphatic carbocycles. The van der Waals surface area contributed by atoms with Gasteiger partial charge in [0.15, 0.2) is 11.4 Å². The zero-order valence-corrected chi connectivity index (χ0v) is 12.4. The number of hydrogen-bond acceptors (Lipinski definition) is 5. The van der Waals surface area contributed by atoms with E-state index in [1.807, 2.05) is 4.90 Å². The maximum Gasteiger partial charge on any atom is 0.255 e. The van der Waals surface area contributed by atoms with Gasteiger partial charge >= 0.3 is 0 Å². The van der Waals surface area contributed by atoms with Crippen molar-refractivity contribution in [3.05, 3.63) is 30.2 Å². The highest BCUT2D eigenvalue weighted by Gasteiger charge is 2.62. The molecule has 0 aromatic carbocycles. The number of rotatable bonds is 1. The summed E-state index contributed by atoms with van der Waals surface area (Å²) in [4.78, 5) is 32.8. The number of amides is 2. The van der Waals surface area contributed by atoms with Crippen molar-refractivity contribution < 1.29 is 14.3 Å². The second kappa shape index (κ2) is 4.29. The second-order valence-corrected chi connectivity index (χ2v) is 6.19. The molecule has 5 rings (SSSR count). The standard InChI is InChI=1S/C15H15N5O3/c21-13-7-11-15(19(13)5-6-23-15)3-4-18(11)14(22)10-1-2-12-16-9-17-20(12)8-10/h1-2,8-9,11H,3-7H2/t11-,15+/m1/s1. The molecular weight excluding hydrogens is 298 g/mol. The lowest BCUT2D eigenvalue weighted by molar-refractivity contribution is -0.136. The summed E-state index contributed by atoms with van der Waals surface area (Å²) in [5.41, 5.74) is 0.647. The van der Waals surface area contributed by atoms with Crippen LogP contribution >= 0.6 is 0 Å². The third-order valence-corrected chi connectivity index (χ3v) is 5.18. The molecule has 3 saturated heterocycles. The zero-order valence-electron chi connectivity index (χ0n) is 12.4. The zero-order chi connectivity index (χ0) is 15.6. The maximum atomic E-state index is 12.9. The van der Waals surface area contributed by atoms with Crippen molar-refractivity contribution in [2.45, 2.75) is 24.6 Å². The van der Waals surface area contributed by atoms with Crippen molar-refractivity contribution in [3.8, 4) is 0 Å². The van der Waals surface area contributed by atoms with Gasteiger partial charge in [-0.3, -0.25) is 9.59 Å². The van der Waals surface area contributed by atoms with Crippen LogP contribution in [0.2, 0.25) is 0 Å². The van der Waals surface area contributed by atoms with E-state index in [1.54, 1.807) is 27.7 Å². The Hall–Kier alpha value is -2.48. The molecule has 8 heteroatoms. The normalized spacial score (nSPS) is 29.4. The smallest absolute Gasteiger partial charge is 0.255 e. The van der Waals surface area contributed by atoms with Gasteiger partial charge in [-0.15, -0.1) is 0 Å². The van der Waals surface area contributed by atoms with E-state index in [-0.39, 0.29) is 17.9 Å². The lowest BCUT2D eigenvalue weighted by Crippen LogP contribution is -2.48. The molecule has 23 heavy (non-hydrogen) atoms. The van der Waals surface area contributed by atoms with Gasteiger partial charge in [0.2, 0.25) is 5.91 Å². The molecule has 3 aliphatic rings. The molecule has 2 aromatic rings. The van der Waals surface area contributed by atoms with Gasteiger partial charge in [0.05, 0.1) is 24.6 Å². The minimum atomic E-state index is -0.593. The Kier molecular flexibility index (Phi) is 2.42. The second-order valence-electron chi connectivity index (χ2n) is 6.19. The molecule has 0 radical (unpaired) electrons. The van der Waals surface area contributed by atoms with Gasteiger partial charge in [0, 0.05) is 25.7 Å². The molecule has 0 unspecified atom stereocenters. The monoisotopic (exact) mass is 313 g/mol. The SMILES string of the molecule is O=C(c1ccc2ncnn2c1)N1CC[C@@]23OCCN2C(=O)C[C@@H]13. The third kappa shape index (κ3) is 1.58. The van der Waals surface area contributed by atoms with Crippen molar-refractivity contribution in [1.29, 1.82) is 0 Å². The summed E-state index contributed by atoms with van der Waals surface area (Å²) in [5.74, 6) is -0.00819. The number of aromatic nitrogens is 3. The van der Waals surface area contributed by atoms with Crippen molar-refractivity contribution >= 4 is 17.5 Å². The molecule has 118 valence electrons. The summed E-state index contributed by atoms with van der Waals surface area (Å²) in [5, 5.41) is 4.07. The van der Waals surface area contributed by atoms with E-state index in [2.05, 4.69) is 10.1 Å². The lowest BCUT2D eigenvalue weighted by Gasteiger charge is -2.31. The van der Waals surface area contributed by atoms with Gasteiger partial charge < -0.3 is 14.5 Å². The first-order valence-corrected chi connectivity index (χ1v) is 7.74. The quantitative estimate of drug-likeness (QED) is 0.735. The van der Waals surface area contributed by atoms with Gasteiger partial charge in [0.25, 0.3) is 5.91 Å². The van der Waals surface area contributed by atoms with E-state index >= 15 is 0 Å². The average molecular weight is 313 g/mol. The van der Waals surface area contributed by atoms with Crippen molar-refractivity contribution in [1.82, 2.24) is 24.4 Å². The van der Waals surface area contributed by atoms with Crippen molar-refractivity contribution in [2.24, 2.45) is 0 Å². The predicted molar refractivity (Wildman–Crippen MR) is 77.4 cm³/mol. The fourth-order valence-electron chi connectivity index (χ4n) is 4.14. The minimum Gasteiger partial charge on any atom is -0.351 e. The van der Waals surface area contributed by atoms with Crippen LogP contribution in [0, 0.1) is 0 Å². The Morgan fingerprint density at radius 1 is 1.35 bits per heavy atom. The predicted octanol–water partition coefficient (Wildman–Crippen LogP) is -0.0974. The Bertz CT molecular complexity index is 833. The number of carbonyl (C=O) groups is 2. The number of ether oxygens (including phenoxy) is 1. The number of carbonyl (C=O) groups excluding carboxylic acids is 2. The fourth-order valence-corrected chi connectivity index (χ4v) is 4.14. The van der Waals surface area contributed by atoms with E-state index in [1.165, 1.54) is 6.33 Å². The molecule has 2 aromatic heterocycles. The Morgan fingerprint density at radius 3 is 3.17 bits per heavy atom. The van der Waals surface area contributed by atoms with Gasteiger partial charge in [-0.05, 0) is 12.1 Å². The topological polar surface area (TPSA) is 80.0 Å². The largest absolute Gasteiger partial charge is 0.351 e. The van der Waals surface area contributed by atoms with Crippen LogP contribution in [0.15, 0.2) is 24.7 Å². The first-order chi connectivity index (χ1) is 11.2.